The van der Waals surface area contributed by atoms with E-state index >= 15 is 0 Å². The number of rotatable bonds is 4. The lowest BCUT2D eigenvalue weighted by molar-refractivity contribution is -0.141. The predicted molar refractivity (Wildman–Crippen MR) is 108 cm³/mol. The molecule has 154 valence electrons. The summed E-state index contributed by atoms with van der Waals surface area (Å²) < 4.78 is 65.6. The van der Waals surface area contributed by atoms with E-state index < -0.39 is 22.1 Å². The molecule has 0 unspecified atom stereocenters. The molecule has 0 fully saturated rings. The van der Waals surface area contributed by atoms with Gasteiger partial charge < -0.3 is 0 Å². The molecule has 0 aliphatic rings. The zero-order valence-corrected chi connectivity index (χ0v) is 16.1. The minimum absolute atomic E-state index is 0.178. The van der Waals surface area contributed by atoms with Crippen molar-refractivity contribution < 1.29 is 21.6 Å². The van der Waals surface area contributed by atoms with Crippen molar-refractivity contribution in [2.45, 2.75) is 6.18 Å². The summed E-state index contributed by atoms with van der Waals surface area (Å²) in [5.41, 5.74) is 0.284. The maximum Gasteiger partial charge on any atom is 0.435 e. The molecule has 0 amide bonds. The molecule has 1 heterocycles. The van der Waals surface area contributed by atoms with Crippen LogP contribution in [0.5, 0.6) is 0 Å². The highest BCUT2D eigenvalue weighted by molar-refractivity contribution is 7.90. The number of anilines is 1. The van der Waals surface area contributed by atoms with Crippen molar-refractivity contribution in [3.63, 3.8) is 0 Å². The Morgan fingerprint density at radius 3 is 2.20 bits per heavy atom. The van der Waals surface area contributed by atoms with Gasteiger partial charge in [0.1, 0.15) is 0 Å². The van der Waals surface area contributed by atoms with Crippen LogP contribution in [0.3, 0.4) is 0 Å². The molecule has 1 aromatic heterocycles. The molecule has 6 nitrogen and oxygen atoms in total. The summed E-state index contributed by atoms with van der Waals surface area (Å²) in [5, 5.41) is 10.5. The van der Waals surface area contributed by atoms with E-state index in [2.05, 4.69) is 9.82 Å². The first-order chi connectivity index (χ1) is 14.1. The molecule has 4 rings (SSSR count). The molecule has 30 heavy (non-hydrogen) atoms. The third-order valence-electron chi connectivity index (χ3n) is 4.42. The van der Waals surface area contributed by atoms with Crippen LogP contribution in [0.1, 0.15) is 5.69 Å². The van der Waals surface area contributed by atoms with Crippen molar-refractivity contribution in [1.82, 2.24) is 9.78 Å². The molecule has 0 saturated carbocycles. The van der Waals surface area contributed by atoms with Crippen molar-refractivity contribution >= 4 is 26.7 Å². The summed E-state index contributed by atoms with van der Waals surface area (Å²) in [4.78, 5) is 0. The highest BCUT2D eigenvalue weighted by Gasteiger charge is 2.35. The minimum atomic E-state index is -4.62. The zero-order chi connectivity index (χ0) is 21.5. The van der Waals surface area contributed by atoms with E-state index in [-0.39, 0.29) is 11.4 Å². The van der Waals surface area contributed by atoms with Gasteiger partial charge in [0, 0.05) is 11.3 Å². The lowest BCUT2D eigenvalue weighted by Crippen LogP contribution is -2.21. The first-order valence-corrected chi connectivity index (χ1v) is 10.2. The van der Waals surface area contributed by atoms with Crippen LogP contribution in [-0.2, 0) is 16.4 Å². The molecule has 0 aliphatic heterocycles. The fourth-order valence-electron chi connectivity index (χ4n) is 3.11. The van der Waals surface area contributed by atoms with Crippen molar-refractivity contribution in [1.29, 1.82) is 0 Å². The van der Waals surface area contributed by atoms with Crippen molar-refractivity contribution in [2.75, 3.05) is 4.72 Å². The van der Waals surface area contributed by atoms with Crippen LogP contribution in [0.4, 0.5) is 18.9 Å². The standard InChI is InChI=1S/C20H15F3N4O2S/c21-20(22,23)19-12-18(15-6-5-13-3-1-2-4-14(13)11-15)27(25-19)17-9-7-16(8-10-17)26-30(24,28)29/h1-12,26H,(H2,24,28,29). The molecule has 0 spiro atoms. The van der Waals surface area contributed by atoms with Crippen LogP contribution < -0.4 is 9.86 Å². The van der Waals surface area contributed by atoms with Gasteiger partial charge in [-0.2, -0.15) is 26.7 Å². The largest absolute Gasteiger partial charge is 0.435 e. The van der Waals surface area contributed by atoms with Crippen LogP contribution in [-0.4, -0.2) is 18.2 Å². The topological polar surface area (TPSA) is 90.0 Å². The molecule has 10 heteroatoms. The molecule has 0 radical (unpaired) electrons. The van der Waals surface area contributed by atoms with Gasteiger partial charge in [-0.3, -0.25) is 4.72 Å². The van der Waals surface area contributed by atoms with Crippen molar-refractivity contribution in [3.8, 4) is 16.9 Å². The van der Waals surface area contributed by atoms with E-state index in [0.717, 1.165) is 16.8 Å². The molecule has 3 aromatic carbocycles. The van der Waals surface area contributed by atoms with Crippen molar-refractivity contribution in [2.24, 2.45) is 5.14 Å². The number of fused-ring (bicyclic) bond motifs is 1. The normalized spacial score (nSPS) is 12.3. The van der Waals surface area contributed by atoms with Gasteiger partial charge in [-0.15, -0.1) is 0 Å². The first kappa shape index (κ1) is 19.9. The first-order valence-electron chi connectivity index (χ1n) is 8.68. The van der Waals surface area contributed by atoms with Crippen LogP contribution in [0.15, 0.2) is 72.8 Å². The third kappa shape index (κ3) is 4.14. The second-order valence-electron chi connectivity index (χ2n) is 6.58. The molecule has 0 aliphatic carbocycles. The van der Waals surface area contributed by atoms with Gasteiger partial charge >= 0.3 is 6.18 Å². The van der Waals surface area contributed by atoms with E-state index in [4.69, 9.17) is 5.14 Å². The Hall–Kier alpha value is -3.37. The zero-order valence-electron chi connectivity index (χ0n) is 15.3. The Balaban J connectivity index is 1.83. The van der Waals surface area contributed by atoms with E-state index in [9.17, 15) is 21.6 Å². The van der Waals surface area contributed by atoms with Gasteiger partial charge in [0.25, 0.3) is 10.2 Å². The lowest BCUT2D eigenvalue weighted by atomic mass is 10.0. The summed E-state index contributed by atoms with van der Waals surface area (Å²) in [7, 11) is -3.96. The van der Waals surface area contributed by atoms with Gasteiger partial charge in [-0.1, -0.05) is 36.4 Å². The quantitative estimate of drug-likeness (QED) is 0.503. The number of nitrogens with one attached hydrogen (secondary N) is 1. The number of nitrogens with two attached hydrogens (primary N) is 1. The van der Waals surface area contributed by atoms with Crippen LogP contribution >= 0.6 is 0 Å². The maximum atomic E-state index is 13.3. The Morgan fingerprint density at radius 2 is 1.57 bits per heavy atom. The number of hydrogen-bond donors (Lipinski definition) is 2. The molecule has 0 saturated heterocycles. The summed E-state index contributed by atoms with van der Waals surface area (Å²) in [6.07, 6.45) is -4.62. The number of benzene rings is 3. The second kappa shape index (κ2) is 7.15. The third-order valence-corrected chi connectivity index (χ3v) is 4.94. The summed E-state index contributed by atoms with van der Waals surface area (Å²) in [6, 6.07) is 19.5. The van der Waals surface area contributed by atoms with Crippen LogP contribution in [0, 0.1) is 0 Å². The smallest absolute Gasteiger partial charge is 0.271 e. The monoisotopic (exact) mass is 432 g/mol. The Morgan fingerprint density at radius 1 is 0.900 bits per heavy atom. The molecular formula is C20H15F3N4O2S. The number of aromatic nitrogens is 2. The Bertz CT molecular complexity index is 1330. The van der Waals surface area contributed by atoms with Crippen LogP contribution in [0.25, 0.3) is 27.7 Å². The summed E-state index contributed by atoms with van der Waals surface area (Å²) >= 11 is 0. The van der Waals surface area contributed by atoms with E-state index in [0.29, 0.717) is 11.3 Å². The van der Waals surface area contributed by atoms with Crippen molar-refractivity contribution in [3.05, 3.63) is 78.5 Å². The number of nitrogens with zero attached hydrogens (tertiary/aromatic N) is 2. The molecule has 0 atom stereocenters. The Kier molecular flexibility index (Phi) is 4.75. The van der Waals surface area contributed by atoms with Gasteiger partial charge in [0.15, 0.2) is 5.69 Å². The Labute approximate surface area is 169 Å². The van der Waals surface area contributed by atoms with E-state index in [1.54, 1.807) is 12.1 Å². The van der Waals surface area contributed by atoms with E-state index in [1.807, 2.05) is 30.3 Å². The highest BCUT2D eigenvalue weighted by Crippen LogP contribution is 2.34. The van der Waals surface area contributed by atoms with Gasteiger partial charge in [0.05, 0.1) is 11.4 Å². The lowest BCUT2D eigenvalue weighted by Gasteiger charge is -2.10. The molecule has 0 bridgehead atoms. The summed E-state index contributed by atoms with van der Waals surface area (Å²) in [5.74, 6) is 0. The molecule has 4 aromatic rings. The average molecular weight is 432 g/mol. The number of hydrogen-bond acceptors (Lipinski definition) is 3. The van der Waals surface area contributed by atoms with Crippen LogP contribution in [0.2, 0.25) is 0 Å². The average Bonchev–Trinajstić information content (AvgIpc) is 3.13. The predicted octanol–water partition coefficient (Wildman–Crippen LogP) is 4.33. The van der Waals surface area contributed by atoms with Gasteiger partial charge in [-0.05, 0) is 47.2 Å². The minimum Gasteiger partial charge on any atom is -0.271 e. The number of halogens is 3. The fraction of sp³-hybridized carbons (Fsp3) is 0.0500. The van der Waals surface area contributed by atoms with Gasteiger partial charge in [0.2, 0.25) is 0 Å². The highest BCUT2D eigenvalue weighted by atomic mass is 32.2. The van der Waals surface area contributed by atoms with Gasteiger partial charge in [-0.25, -0.2) is 9.82 Å². The molecular weight excluding hydrogens is 417 g/mol. The maximum absolute atomic E-state index is 13.3. The second-order valence-corrected chi connectivity index (χ2v) is 7.87. The SMILES string of the molecule is NS(=O)(=O)Nc1ccc(-n2nc(C(F)(F)F)cc2-c2ccc3ccccc3c2)cc1. The summed E-state index contributed by atoms with van der Waals surface area (Å²) in [6.45, 7) is 0. The fourth-order valence-corrected chi connectivity index (χ4v) is 3.57. The molecule has 3 N–H and O–H groups in total. The van der Waals surface area contributed by atoms with E-state index in [1.165, 1.54) is 28.9 Å². The number of alkyl halides is 3.